The van der Waals surface area contributed by atoms with E-state index in [1.807, 2.05) is 20.8 Å². The Morgan fingerprint density at radius 2 is 1.56 bits per heavy atom. The molecule has 0 saturated heterocycles. The Hall–Kier alpha value is -3.02. The molecule has 2 amide bonds. The van der Waals surface area contributed by atoms with E-state index in [9.17, 15) is 9.59 Å². The maximum atomic E-state index is 12.5. The highest BCUT2D eigenvalue weighted by Crippen LogP contribution is 2.28. The van der Waals surface area contributed by atoms with Crippen LogP contribution in [0.2, 0.25) is 0 Å². The molecule has 0 atom stereocenters. The Balaban J connectivity index is 2.12. The molecular formula is C21H26N2O4. The highest BCUT2D eigenvalue weighted by Gasteiger charge is 2.14. The molecule has 0 saturated carbocycles. The fourth-order valence-electron chi connectivity index (χ4n) is 2.68. The number of nitrogens with zero attached hydrogens (tertiary/aromatic N) is 1. The minimum atomic E-state index is -0.263. The van der Waals surface area contributed by atoms with Crippen LogP contribution in [0.5, 0.6) is 11.5 Å². The molecular weight excluding hydrogens is 344 g/mol. The van der Waals surface area contributed by atoms with Crippen molar-refractivity contribution in [1.29, 1.82) is 0 Å². The smallest absolute Gasteiger partial charge is 0.255 e. The van der Waals surface area contributed by atoms with Gasteiger partial charge in [-0.1, -0.05) is 0 Å². The molecule has 0 radical (unpaired) electrons. The average Bonchev–Trinajstić information content (AvgIpc) is 2.69. The number of hydrogen-bond acceptors (Lipinski definition) is 4. The number of methoxy groups -OCH3 is 1. The Bertz CT molecular complexity index is 783. The maximum Gasteiger partial charge on any atom is 0.255 e. The molecule has 0 fully saturated rings. The van der Waals surface area contributed by atoms with Crippen molar-refractivity contribution in [3.05, 3.63) is 53.6 Å². The van der Waals surface area contributed by atoms with E-state index >= 15 is 0 Å². The van der Waals surface area contributed by atoms with Crippen LogP contribution in [0.15, 0.2) is 42.5 Å². The zero-order valence-corrected chi connectivity index (χ0v) is 16.2. The molecule has 144 valence electrons. The Kier molecular flexibility index (Phi) is 7.23. The number of benzene rings is 2. The van der Waals surface area contributed by atoms with Crippen LogP contribution in [0.4, 0.5) is 5.69 Å². The number of hydrogen-bond donors (Lipinski definition) is 1. The summed E-state index contributed by atoms with van der Waals surface area (Å²) < 4.78 is 10.7. The summed E-state index contributed by atoms with van der Waals surface area (Å²) in [6.07, 6.45) is 0. The number of amides is 2. The van der Waals surface area contributed by atoms with Crippen molar-refractivity contribution < 1.29 is 19.1 Å². The normalized spacial score (nSPS) is 10.2. The summed E-state index contributed by atoms with van der Waals surface area (Å²) in [7, 11) is 1.55. The molecule has 0 aliphatic rings. The minimum Gasteiger partial charge on any atom is -0.493 e. The molecule has 6 nitrogen and oxygen atoms in total. The molecule has 0 bridgehead atoms. The number of rotatable bonds is 8. The molecule has 1 N–H and O–H groups in total. The topological polar surface area (TPSA) is 67.9 Å². The number of ether oxygens (including phenoxy) is 2. The summed E-state index contributed by atoms with van der Waals surface area (Å²) >= 11 is 0. The monoisotopic (exact) mass is 370 g/mol. The zero-order valence-electron chi connectivity index (χ0n) is 16.2. The van der Waals surface area contributed by atoms with Crippen LogP contribution in [0, 0.1) is 0 Å². The third-order valence-corrected chi connectivity index (χ3v) is 4.17. The molecule has 0 unspecified atom stereocenters. The first-order valence-corrected chi connectivity index (χ1v) is 9.05. The van der Waals surface area contributed by atoms with Crippen molar-refractivity contribution in [3.8, 4) is 11.5 Å². The van der Waals surface area contributed by atoms with Crippen molar-refractivity contribution in [3.63, 3.8) is 0 Å². The third-order valence-electron chi connectivity index (χ3n) is 4.17. The summed E-state index contributed by atoms with van der Waals surface area (Å²) in [6, 6.07) is 11.9. The van der Waals surface area contributed by atoms with E-state index in [0.717, 1.165) is 0 Å². The van der Waals surface area contributed by atoms with E-state index in [0.29, 0.717) is 48.0 Å². The fourth-order valence-corrected chi connectivity index (χ4v) is 2.68. The first kappa shape index (κ1) is 20.3. The molecule has 2 aromatic rings. The Morgan fingerprint density at radius 3 is 2.11 bits per heavy atom. The SMILES string of the molecule is CCOc1cc(C(=O)Nc2ccc(C(=O)N(CC)CC)cc2)ccc1OC. The van der Waals surface area contributed by atoms with Gasteiger partial charge in [-0.05, 0) is 63.2 Å². The Labute approximate surface area is 160 Å². The number of nitrogens with one attached hydrogen (secondary N) is 1. The van der Waals surface area contributed by atoms with Crippen molar-refractivity contribution in [2.24, 2.45) is 0 Å². The molecule has 2 rings (SSSR count). The highest BCUT2D eigenvalue weighted by molar-refractivity contribution is 6.05. The molecule has 2 aromatic carbocycles. The van der Waals surface area contributed by atoms with Crippen molar-refractivity contribution in [2.45, 2.75) is 20.8 Å². The second-order valence-electron chi connectivity index (χ2n) is 5.81. The van der Waals surface area contributed by atoms with Crippen molar-refractivity contribution in [1.82, 2.24) is 4.90 Å². The van der Waals surface area contributed by atoms with E-state index in [-0.39, 0.29) is 11.8 Å². The van der Waals surface area contributed by atoms with Gasteiger partial charge in [0.05, 0.1) is 13.7 Å². The largest absolute Gasteiger partial charge is 0.493 e. The predicted molar refractivity (Wildman–Crippen MR) is 106 cm³/mol. The van der Waals surface area contributed by atoms with Crippen LogP contribution in [-0.2, 0) is 0 Å². The van der Waals surface area contributed by atoms with Gasteiger partial charge in [0.2, 0.25) is 0 Å². The standard InChI is InChI=1S/C21H26N2O4/c1-5-23(6-2)21(25)15-8-11-17(12-9-15)22-20(24)16-10-13-18(26-4)19(14-16)27-7-3/h8-14H,5-7H2,1-4H3,(H,22,24). The fraction of sp³-hybridized carbons (Fsp3) is 0.333. The lowest BCUT2D eigenvalue weighted by atomic mass is 10.1. The lowest BCUT2D eigenvalue weighted by molar-refractivity contribution is 0.0773. The van der Waals surface area contributed by atoms with Crippen LogP contribution in [0.1, 0.15) is 41.5 Å². The van der Waals surface area contributed by atoms with Crippen LogP contribution >= 0.6 is 0 Å². The molecule has 27 heavy (non-hydrogen) atoms. The van der Waals surface area contributed by atoms with Crippen LogP contribution in [0.3, 0.4) is 0 Å². The van der Waals surface area contributed by atoms with Gasteiger partial charge in [0.25, 0.3) is 11.8 Å². The van der Waals surface area contributed by atoms with Gasteiger partial charge in [-0.2, -0.15) is 0 Å². The Morgan fingerprint density at radius 1 is 0.926 bits per heavy atom. The van der Waals surface area contributed by atoms with Crippen LogP contribution in [0.25, 0.3) is 0 Å². The van der Waals surface area contributed by atoms with Gasteiger partial charge in [0.1, 0.15) is 0 Å². The first-order chi connectivity index (χ1) is 13.0. The van der Waals surface area contributed by atoms with E-state index < -0.39 is 0 Å². The second kappa shape index (κ2) is 9.62. The van der Waals surface area contributed by atoms with E-state index in [1.165, 1.54) is 0 Å². The molecule has 0 aromatic heterocycles. The molecule has 0 heterocycles. The van der Waals surface area contributed by atoms with Gasteiger partial charge in [-0.15, -0.1) is 0 Å². The van der Waals surface area contributed by atoms with Crippen molar-refractivity contribution >= 4 is 17.5 Å². The summed E-state index contributed by atoms with van der Waals surface area (Å²) in [6.45, 7) is 7.56. The number of carbonyl (C=O) groups is 2. The minimum absolute atomic E-state index is 0.0191. The summed E-state index contributed by atoms with van der Waals surface area (Å²) in [5.41, 5.74) is 1.67. The zero-order chi connectivity index (χ0) is 19.8. The molecule has 0 spiro atoms. The second-order valence-corrected chi connectivity index (χ2v) is 5.81. The number of anilines is 1. The van der Waals surface area contributed by atoms with Gasteiger partial charge in [0.15, 0.2) is 11.5 Å². The van der Waals surface area contributed by atoms with Gasteiger partial charge in [0, 0.05) is 29.9 Å². The summed E-state index contributed by atoms with van der Waals surface area (Å²) in [4.78, 5) is 26.6. The highest BCUT2D eigenvalue weighted by atomic mass is 16.5. The van der Waals surface area contributed by atoms with Crippen molar-refractivity contribution in [2.75, 3.05) is 32.1 Å². The van der Waals surface area contributed by atoms with Gasteiger partial charge < -0.3 is 19.7 Å². The lowest BCUT2D eigenvalue weighted by Gasteiger charge is -2.18. The maximum absolute atomic E-state index is 12.5. The average molecular weight is 370 g/mol. The third kappa shape index (κ3) is 5.00. The van der Waals surface area contributed by atoms with E-state index in [1.54, 1.807) is 54.5 Å². The molecule has 6 heteroatoms. The van der Waals surface area contributed by atoms with E-state index in [2.05, 4.69) is 5.32 Å². The lowest BCUT2D eigenvalue weighted by Crippen LogP contribution is -2.30. The predicted octanol–water partition coefficient (Wildman–Crippen LogP) is 3.83. The first-order valence-electron chi connectivity index (χ1n) is 9.05. The number of carbonyl (C=O) groups excluding carboxylic acids is 2. The van der Waals surface area contributed by atoms with Gasteiger partial charge in [-0.25, -0.2) is 0 Å². The summed E-state index contributed by atoms with van der Waals surface area (Å²) in [5, 5.41) is 2.83. The van der Waals surface area contributed by atoms with Crippen LogP contribution in [-0.4, -0.2) is 43.5 Å². The molecule has 0 aliphatic heterocycles. The van der Waals surface area contributed by atoms with Gasteiger partial charge >= 0.3 is 0 Å². The van der Waals surface area contributed by atoms with Gasteiger partial charge in [-0.3, -0.25) is 9.59 Å². The molecule has 0 aliphatic carbocycles. The quantitative estimate of drug-likeness (QED) is 0.767. The van der Waals surface area contributed by atoms with Crippen LogP contribution < -0.4 is 14.8 Å². The summed E-state index contributed by atoms with van der Waals surface area (Å²) in [5.74, 6) is 0.816. The van der Waals surface area contributed by atoms with E-state index in [4.69, 9.17) is 9.47 Å².